The van der Waals surface area contributed by atoms with Gasteiger partial charge in [0, 0.05) is 23.5 Å². The molecule has 4 aromatic rings. The molecule has 1 aromatic carbocycles. The average Bonchev–Trinajstić information content (AvgIpc) is 3.50. The third-order valence-corrected chi connectivity index (χ3v) is 6.21. The molecular formula is C24H23FN4O2S. The standard InChI is InChI=1S/C24H23FN4O2S/c1-4-11-28-23(19-9-5-6-10-21(19)25)26-27-24(28)32-15-22(30)20-13-16(2)29(17(20)3)14-18-8-7-12-31-18/h4-10,12-13H,1,11,14-15H2,2-3H3. The molecule has 0 saturated carbocycles. The molecule has 0 atom stereocenters. The topological polar surface area (TPSA) is 65.8 Å². The van der Waals surface area contributed by atoms with Crippen LogP contribution in [0.1, 0.15) is 27.5 Å². The van der Waals surface area contributed by atoms with Gasteiger partial charge in [-0.3, -0.25) is 9.36 Å². The lowest BCUT2D eigenvalue weighted by Crippen LogP contribution is -2.08. The van der Waals surface area contributed by atoms with Crippen molar-refractivity contribution in [1.82, 2.24) is 19.3 Å². The molecule has 0 aliphatic carbocycles. The molecule has 32 heavy (non-hydrogen) atoms. The van der Waals surface area contributed by atoms with Crippen LogP contribution < -0.4 is 0 Å². The van der Waals surface area contributed by atoms with Gasteiger partial charge in [-0.25, -0.2) is 4.39 Å². The van der Waals surface area contributed by atoms with E-state index in [1.54, 1.807) is 35.1 Å². The second kappa shape index (κ2) is 9.40. The number of aromatic nitrogens is 4. The smallest absolute Gasteiger partial charge is 0.192 e. The zero-order valence-corrected chi connectivity index (χ0v) is 18.7. The highest BCUT2D eigenvalue weighted by Gasteiger charge is 2.20. The van der Waals surface area contributed by atoms with E-state index in [-0.39, 0.29) is 17.4 Å². The summed E-state index contributed by atoms with van der Waals surface area (Å²) in [6, 6.07) is 12.1. The predicted octanol–water partition coefficient (Wildman–Crippen LogP) is 5.30. The Bertz CT molecular complexity index is 1260. The van der Waals surface area contributed by atoms with Crippen molar-refractivity contribution < 1.29 is 13.6 Å². The second-order valence-electron chi connectivity index (χ2n) is 7.35. The number of hydrogen-bond donors (Lipinski definition) is 0. The zero-order valence-electron chi connectivity index (χ0n) is 17.9. The van der Waals surface area contributed by atoms with Crippen LogP contribution in [-0.2, 0) is 13.1 Å². The first kappa shape index (κ1) is 21.8. The van der Waals surface area contributed by atoms with Crippen molar-refractivity contribution in [2.45, 2.75) is 32.1 Å². The molecule has 0 aliphatic heterocycles. The highest BCUT2D eigenvalue weighted by molar-refractivity contribution is 7.99. The van der Waals surface area contributed by atoms with Crippen LogP contribution in [0.5, 0.6) is 0 Å². The number of aryl methyl sites for hydroxylation is 1. The highest BCUT2D eigenvalue weighted by Crippen LogP contribution is 2.27. The number of thioether (sulfide) groups is 1. The molecule has 0 radical (unpaired) electrons. The minimum Gasteiger partial charge on any atom is -0.467 e. The maximum absolute atomic E-state index is 14.3. The van der Waals surface area contributed by atoms with Crippen molar-refractivity contribution in [3.8, 4) is 11.4 Å². The van der Waals surface area contributed by atoms with Crippen LogP contribution in [0.2, 0.25) is 0 Å². The van der Waals surface area contributed by atoms with Crippen molar-refractivity contribution >= 4 is 17.5 Å². The number of carbonyl (C=O) groups is 1. The molecular weight excluding hydrogens is 427 g/mol. The van der Waals surface area contributed by atoms with Gasteiger partial charge in [-0.1, -0.05) is 30.0 Å². The number of rotatable bonds is 9. The first-order chi connectivity index (χ1) is 15.5. The number of furan rings is 1. The fourth-order valence-corrected chi connectivity index (χ4v) is 4.46. The fraction of sp³-hybridized carbons (Fsp3) is 0.208. The van der Waals surface area contributed by atoms with E-state index in [2.05, 4.69) is 21.3 Å². The van der Waals surface area contributed by atoms with Crippen molar-refractivity contribution in [1.29, 1.82) is 0 Å². The largest absolute Gasteiger partial charge is 0.467 e. The number of benzene rings is 1. The number of ketones is 1. The highest BCUT2D eigenvalue weighted by atomic mass is 32.2. The van der Waals surface area contributed by atoms with Gasteiger partial charge in [-0.2, -0.15) is 0 Å². The number of hydrogen-bond acceptors (Lipinski definition) is 5. The molecule has 164 valence electrons. The van der Waals surface area contributed by atoms with Crippen LogP contribution in [0, 0.1) is 19.7 Å². The minimum atomic E-state index is -0.373. The molecule has 0 fully saturated rings. The van der Waals surface area contributed by atoms with E-state index >= 15 is 0 Å². The second-order valence-corrected chi connectivity index (χ2v) is 8.29. The van der Waals surface area contributed by atoms with Crippen molar-refractivity contribution in [2.75, 3.05) is 5.75 Å². The Morgan fingerprint density at radius 1 is 1.19 bits per heavy atom. The zero-order chi connectivity index (χ0) is 22.7. The molecule has 0 amide bonds. The van der Waals surface area contributed by atoms with Crippen molar-refractivity contribution in [3.05, 3.63) is 89.9 Å². The lowest BCUT2D eigenvalue weighted by atomic mass is 10.2. The van der Waals surface area contributed by atoms with Crippen LogP contribution in [0.4, 0.5) is 4.39 Å². The third kappa shape index (κ3) is 4.31. The minimum absolute atomic E-state index is 0.00519. The summed E-state index contributed by atoms with van der Waals surface area (Å²) < 4.78 is 23.6. The molecule has 6 nitrogen and oxygen atoms in total. The van der Waals surface area contributed by atoms with E-state index in [1.165, 1.54) is 17.8 Å². The average molecular weight is 451 g/mol. The van der Waals surface area contributed by atoms with Crippen molar-refractivity contribution in [2.24, 2.45) is 0 Å². The fourth-order valence-electron chi connectivity index (χ4n) is 3.62. The lowest BCUT2D eigenvalue weighted by molar-refractivity contribution is 0.102. The molecule has 8 heteroatoms. The first-order valence-corrected chi connectivity index (χ1v) is 11.1. The normalized spacial score (nSPS) is 11.1. The predicted molar refractivity (Wildman–Crippen MR) is 122 cm³/mol. The summed E-state index contributed by atoms with van der Waals surface area (Å²) in [5.41, 5.74) is 2.92. The Kier molecular flexibility index (Phi) is 6.41. The van der Waals surface area contributed by atoms with E-state index in [0.717, 1.165) is 17.1 Å². The van der Waals surface area contributed by atoms with Crippen molar-refractivity contribution in [3.63, 3.8) is 0 Å². The maximum Gasteiger partial charge on any atom is 0.192 e. The molecule has 0 unspecified atom stereocenters. The van der Waals surface area contributed by atoms with Gasteiger partial charge in [0.1, 0.15) is 11.6 Å². The number of halogens is 1. The first-order valence-electron chi connectivity index (χ1n) is 10.1. The molecule has 0 bridgehead atoms. The van der Waals surface area contributed by atoms with Gasteiger partial charge in [-0.15, -0.1) is 16.8 Å². The molecule has 0 aliphatic rings. The van der Waals surface area contributed by atoms with E-state index in [1.807, 2.05) is 32.0 Å². The van der Waals surface area contributed by atoms with Crippen LogP contribution in [-0.4, -0.2) is 30.9 Å². The molecule has 4 rings (SSSR count). The molecule has 0 N–H and O–H groups in total. The molecule has 3 heterocycles. The monoisotopic (exact) mass is 450 g/mol. The van der Waals surface area contributed by atoms with Gasteiger partial charge in [0.15, 0.2) is 16.8 Å². The third-order valence-electron chi connectivity index (χ3n) is 5.24. The summed E-state index contributed by atoms with van der Waals surface area (Å²) in [5.74, 6) is 1.06. The van der Waals surface area contributed by atoms with Gasteiger partial charge in [0.05, 0.1) is 24.1 Å². The van der Waals surface area contributed by atoms with E-state index in [0.29, 0.717) is 35.2 Å². The Morgan fingerprint density at radius 3 is 2.72 bits per heavy atom. The van der Waals surface area contributed by atoms with Gasteiger partial charge < -0.3 is 8.98 Å². The van der Waals surface area contributed by atoms with Gasteiger partial charge >= 0.3 is 0 Å². The Labute approximate surface area is 189 Å². The molecule has 3 aromatic heterocycles. The number of carbonyl (C=O) groups excluding carboxylic acids is 1. The summed E-state index contributed by atoms with van der Waals surface area (Å²) >= 11 is 1.28. The van der Waals surface area contributed by atoms with Crippen LogP contribution in [0.15, 0.2) is 71.0 Å². The van der Waals surface area contributed by atoms with Gasteiger partial charge in [-0.05, 0) is 44.2 Å². The van der Waals surface area contributed by atoms with Crippen LogP contribution in [0.25, 0.3) is 11.4 Å². The van der Waals surface area contributed by atoms with Gasteiger partial charge in [0.2, 0.25) is 0 Å². The SMILES string of the molecule is C=CCn1c(SCC(=O)c2cc(C)n(Cc3ccco3)c2C)nnc1-c1ccccc1F. The van der Waals surface area contributed by atoms with Crippen LogP contribution >= 0.6 is 11.8 Å². The summed E-state index contributed by atoms with van der Waals surface area (Å²) in [6.45, 7) is 8.66. The Morgan fingerprint density at radius 2 is 2.00 bits per heavy atom. The summed E-state index contributed by atoms with van der Waals surface area (Å²) in [6.07, 6.45) is 3.34. The number of allylic oxidation sites excluding steroid dienone is 1. The van der Waals surface area contributed by atoms with Gasteiger partial charge in [0.25, 0.3) is 0 Å². The quantitative estimate of drug-likeness (QED) is 0.197. The molecule has 0 saturated heterocycles. The van der Waals surface area contributed by atoms with E-state index < -0.39 is 0 Å². The summed E-state index contributed by atoms with van der Waals surface area (Å²) in [5, 5.41) is 8.92. The number of Topliss-reactive ketones (excluding diaryl/α,β-unsaturated/α-hetero) is 1. The maximum atomic E-state index is 14.3. The molecule has 0 spiro atoms. The Hall–Kier alpha value is -3.39. The lowest BCUT2D eigenvalue weighted by Gasteiger charge is -2.09. The van der Waals surface area contributed by atoms with E-state index in [9.17, 15) is 9.18 Å². The summed E-state index contributed by atoms with van der Waals surface area (Å²) in [7, 11) is 0. The van der Waals surface area contributed by atoms with E-state index in [4.69, 9.17) is 4.42 Å². The van der Waals surface area contributed by atoms with Crippen LogP contribution in [0.3, 0.4) is 0 Å². The Balaban J connectivity index is 1.54. The number of nitrogens with zero attached hydrogens (tertiary/aromatic N) is 4. The summed E-state index contributed by atoms with van der Waals surface area (Å²) in [4.78, 5) is 13.0.